The van der Waals surface area contributed by atoms with Crippen LogP contribution in [0.4, 0.5) is 4.79 Å². The van der Waals surface area contributed by atoms with Gasteiger partial charge in [-0.05, 0) is 78.3 Å². The van der Waals surface area contributed by atoms with Crippen molar-refractivity contribution in [3.05, 3.63) is 24.3 Å². The second-order valence-corrected chi connectivity index (χ2v) is 13.5. The molecule has 0 rings (SSSR count). The third-order valence-electron chi connectivity index (χ3n) is 8.57. The van der Waals surface area contributed by atoms with Gasteiger partial charge in [0, 0.05) is 19.2 Å². The fraction of sp³-hybridized carbons (Fsp3) is 0.875. The van der Waals surface area contributed by atoms with Crippen LogP contribution in [0.2, 0.25) is 0 Å². The number of nitrogens with zero attached hydrogens (tertiary/aromatic N) is 1. The van der Waals surface area contributed by atoms with Gasteiger partial charge in [-0.25, -0.2) is 4.79 Å². The van der Waals surface area contributed by atoms with E-state index in [2.05, 4.69) is 48.4 Å². The molecule has 0 aliphatic carbocycles. The average Bonchev–Trinajstić information content (AvgIpc) is 3.02. The molecule has 0 fully saturated rings. The first-order valence-electron chi connectivity index (χ1n) is 19.6. The summed E-state index contributed by atoms with van der Waals surface area (Å²) >= 11 is 0. The molecule has 1 atom stereocenters. The Bertz CT molecular complexity index is 609. The number of ether oxygens (including phenoxy) is 2. The van der Waals surface area contributed by atoms with Crippen molar-refractivity contribution in [1.29, 1.82) is 0 Å². The first-order valence-corrected chi connectivity index (χ1v) is 19.6. The molecule has 0 saturated carbocycles. The van der Waals surface area contributed by atoms with Crippen LogP contribution in [0.5, 0.6) is 0 Å². The van der Waals surface area contributed by atoms with Gasteiger partial charge < -0.3 is 19.7 Å². The zero-order chi connectivity index (χ0) is 32.9. The van der Waals surface area contributed by atoms with Crippen molar-refractivity contribution in [3.8, 4) is 0 Å². The Kier molecular flexibility index (Phi) is 36.0. The van der Waals surface area contributed by atoms with Gasteiger partial charge in [-0.1, -0.05) is 141 Å². The summed E-state index contributed by atoms with van der Waals surface area (Å²) in [6, 6.07) is 0.241. The summed E-state index contributed by atoms with van der Waals surface area (Å²) in [5.41, 5.74) is 0. The molecular formula is C40H78N2O3. The number of alkyl carbamates (subject to hydrolysis) is 1. The molecule has 0 bridgehead atoms. The fourth-order valence-electron chi connectivity index (χ4n) is 5.66. The molecule has 1 amide bonds. The molecule has 0 aromatic rings. The van der Waals surface area contributed by atoms with E-state index in [0.29, 0.717) is 6.61 Å². The predicted octanol–water partition coefficient (Wildman–Crippen LogP) is 12.0. The van der Waals surface area contributed by atoms with E-state index in [-0.39, 0.29) is 12.1 Å². The summed E-state index contributed by atoms with van der Waals surface area (Å²) in [5, 5.41) is 3.20. The van der Waals surface area contributed by atoms with Crippen LogP contribution < -0.4 is 5.32 Å². The minimum absolute atomic E-state index is 0.231. The molecule has 1 N–H and O–H groups in total. The van der Waals surface area contributed by atoms with E-state index in [0.717, 1.165) is 45.4 Å². The van der Waals surface area contributed by atoms with Crippen molar-refractivity contribution in [2.24, 2.45) is 0 Å². The zero-order valence-electron chi connectivity index (χ0n) is 30.8. The van der Waals surface area contributed by atoms with Gasteiger partial charge in [0.25, 0.3) is 0 Å². The molecule has 0 saturated heterocycles. The number of allylic oxidation sites excluding steroid dienone is 3. The number of carbonyl (C=O) groups excluding carboxylic acids is 1. The van der Waals surface area contributed by atoms with E-state index in [1.807, 2.05) is 14.1 Å². The lowest BCUT2D eigenvalue weighted by atomic mass is 10.00. The number of amides is 1. The maximum absolute atomic E-state index is 12.5. The van der Waals surface area contributed by atoms with Crippen LogP contribution in [0, 0.1) is 0 Å². The minimum atomic E-state index is -0.231. The van der Waals surface area contributed by atoms with Gasteiger partial charge in [0.2, 0.25) is 0 Å². The normalized spacial score (nSPS) is 12.6. The minimum Gasteiger partial charge on any atom is -0.450 e. The molecule has 0 aliphatic rings. The Morgan fingerprint density at radius 2 is 1.04 bits per heavy atom. The summed E-state index contributed by atoms with van der Waals surface area (Å²) in [4.78, 5) is 14.6. The molecule has 0 aromatic carbocycles. The number of nitrogens with one attached hydrogen (secondary N) is 1. The zero-order valence-corrected chi connectivity index (χ0v) is 30.8. The number of rotatable bonds is 35. The molecule has 266 valence electrons. The van der Waals surface area contributed by atoms with Crippen molar-refractivity contribution in [2.75, 3.05) is 40.5 Å². The summed E-state index contributed by atoms with van der Waals surface area (Å²) < 4.78 is 11.2. The van der Waals surface area contributed by atoms with Gasteiger partial charge in [0.15, 0.2) is 0 Å². The molecule has 5 nitrogen and oxygen atoms in total. The topological polar surface area (TPSA) is 50.8 Å². The summed E-state index contributed by atoms with van der Waals surface area (Å²) in [5.74, 6) is 0. The smallest absolute Gasteiger partial charge is 0.407 e. The molecule has 0 radical (unpaired) electrons. The number of carbonyl (C=O) groups is 1. The first kappa shape index (κ1) is 43.7. The van der Waals surface area contributed by atoms with E-state index in [1.165, 1.54) is 141 Å². The Hall–Kier alpha value is -1.33. The molecule has 0 aromatic heterocycles. The van der Waals surface area contributed by atoms with Crippen molar-refractivity contribution in [3.63, 3.8) is 0 Å². The molecule has 0 heterocycles. The quantitative estimate of drug-likeness (QED) is 0.0556. The molecular weight excluding hydrogens is 556 g/mol. The standard InChI is InChI=1S/C40H78N2O3/c1-5-7-9-11-13-14-15-16-17-18-19-20-21-24-28-33-39(41-40(43)45-38-32-35-42(3)4)34-29-25-22-23-27-31-37-44-36-30-26-12-10-8-6-2/h13-14,26,30,39H,5-12,15-25,27-29,31-38H2,1-4H3,(H,41,43)/b14-13+,30-26-. The maximum Gasteiger partial charge on any atom is 0.407 e. The van der Waals surface area contributed by atoms with Gasteiger partial charge in [0.1, 0.15) is 0 Å². The average molecular weight is 635 g/mol. The second-order valence-electron chi connectivity index (χ2n) is 13.5. The number of hydrogen-bond donors (Lipinski definition) is 1. The Labute approximate surface area is 281 Å². The molecule has 0 aliphatic heterocycles. The van der Waals surface area contributed by atoms with Gasteiger partial charge in [0.05, 0.1) is 13.2 Å². The highest BCUT2D eigenvalue weighted by molar-refractivity contribution is 5.67. The summed E-state index contributed by atoms with van der Waals surface area (Å²) in [7, 11) is 4.10. The maximum atomic E-state index is 12.5. The van der Waals surface area contributed by atoms with Crippen LogP contribution in [0.15, 0.2) is 24.3 Å². The molecule has 0 spiro atoms. The monoisotopic (exact) mass is 635 g/mol. The Morgan fingerprint density at radius 1 is 0.578 bits per heavy atom. The highest BCUT2D eigenvalue weighted by Crippen LogP contribution is 2.16. The van der Waals surface area contributed by atoms with Crippen molar-refractivity contribution in [2.45, 2.75) is 187 Å². The van der Waals surface area contributed by atoms with Gasteiger partial charge in [-0.15, -0.1) is 0 Å². The van der Waals surface area contributed by atoms with Crippen LogP contribution in [0.1, 0.15) is 181 Å². The van der Waals surface area contributed by atoms with Crippen molar-refractivity contribution < 1.29 is 14.3 Å². The van der Waals surface area contributed by atoms with Gasteiger partial charge in [-0.3, -0.25) is 0 Å². The van der Waals surface area contributed by atoms with Crippen molar-refractivity contribution >= 4 is 6.09 Å². The summed E-state index contributed by atoms with van der Waals surface area (Å²) in [6.07, 6.45) is 41.6. The van der Waals surface area contributed by atoms with Crippen LogP contribution in [-0.2, 0) is 9.47 Å². The third-order valence-corrected chi connectivity index (χ3v) is 8.57. The molecule has 45 heavy (non-hydrogen) atoms. The predicted molar refractivity (Wildman–Crippen MR) is 197 cm³/mol. The fourth-order valence-corrected chi connectivity index (χ4v) is 5.66. The lowest BCUT2D eigenvalue weighted by molar-refractivity contribution is 0.136. The second kappa shape index (κ2) is 37.1. The molecule has 1 unspecified atom stereocenters. The van der Waals surface area contributed by atoms with E-state index in [1.54, 1.807) is 0 Å². The lowest BCUT2D eigenvalue weighted by Crippen LogP contribution is -2.35. The first-order chi connectivity index (χ1) is 22.1. The van der Waals surface area contributed by atoms with E-state index in [9.17, 15) is 4.79 Å². The van der Waals surface area contributed by atoms with Crippen molar-refractivity contribution in [1.82, 2.24) is 10.2 Å². The van der Waals surface area contributed by atoms with E-state index >= 15 is 0 Å². The Morgan fingerprint density at radius 3 is 1.58 bits per heavy atom. The van der Waals surface area contributed by atoms with Gasteiger partial charge in [-0.2, -0.15) is 0 Å². The van der Waals surface area contributed by atoms with Crippen LogP contribution in [0.25, 0.3) is 0 Å². The SMILES string of the molecule is CCCCC/C=C\COCCCCCCCCC(CCCCCCCCCC/C=C/CCCCC)NC(=O)OCCCN(C)C. The van der Waals surface area contributed by atoms with Crippen LogP contribution >= 0.6 is 0 Å². The van der Waals surface area contributed by atoms with E-state index < -0.39 is 0 Å². The lowest BCUT2D eigenvalue weighted by Gasteiger charge is -2.19. The van der Waals surface area contributed by atoms with Gasteiger partial charge >= 0.3 is 6.09 Å². The number of unbranched alkanes of at least 4 members (excludes halogenated alkanes) is 19. The molecule has 5 heteroatoms. The van der Waals surface area contributed by atoms with Crippen LogP contribution in [-0.4, -0.2) is 57.5 Å². The highest BCUT2D eigenvalue weighted by Gasteiger charge is 2.13. The third kappa shape index (κ3) is 37.0. The van der Waals surface area contributed by atoms with Crippen LogP contribution in [0.3, 0.4) is 0 Å². The highest BCUT2D eigenvalue weighted by atomic mass is 16.5. The Balaban J connectivity index is 3.99. The number of hydrogen-bond acceptors (Lipinski definition) is 4. The summed E-state index contributed by atoms with van der Waals surface area (Å²) in [6.45, 7) is 7.58. The van der Waals surface area contributed by atoms with E-state index in [4.69, 9.17) is 9.47 Å². The largest absolute Gasteiger partial charge is 0.450 e.